The molecular formula is C28H24F5NO4S. The van der Waals surface area contributed by atoms with Crippen LogP contribution in [0.5, 0.6) is 5.75 Å². The van der Waals surface area contributed by atoms with Crippen molar-refractivity contribution in [2.45, 2.75) is 49.0 Å². The molecule has 1 fully saturated rings. The van der Waals surface area contributed by atoms with E-state index >= 15 is 0 Å². The predicted octanol–water partition coefficient (Wildman–Crippen LogP) is 6.35. The summed E-state index contributed by atoms with van der Waals surface area (Å²) in [5.41, 5.74) is 3.41. The van der Waals surface area contributed by atoms with Gasteiger partial charge in [0.1, 0.15) is 17.4 Å². The van der Waals surface area contributed by atoms with E-state index in [4.69, 9.17) is 4.74 Å². The van der Waals surface area contributed by atoms with Gasteiger partial charge in [-0.2, -0.15) is 12.8 Å². The van der Waals surface area contributed by atoms with Crippen LogP contribution in [0.1, 0.15) is 41.0 Å². The van der Waals surface area contributed by atoms with Gasteiger partial charge in [-0.3, -0.25) is 0 Å². The molecule has 0 aromatic heterocycles. The molecule has 1 aliphatic heterocycles. The van der Waals surface area contributed by atoms with Gasteiger partial charge in [-0.1, -0.05) is 12.1 Å². The fraction of sp³-hybridized carbons (Fsp3) is 0.321. The van der Waals surface area contributed by atoms with E-state index in [-0.39, 0.29) is 28.4 Å². The van der Waals surface area contributed by atoms with E-state index in [9.17, 15) is 30.4 Å². The SMILES string of the molecule is O=S(=O)(/N=C/C1CCO[C@H](C2c3ccc(F)cc3CCc3cc(F)ccc32)C1)c1ccc(OC(F)(F)F)cc1. The van der Waals surface area contributed by atoms with Crippen molar-refractivity contribution in [3.63, 3.8) is 0 Å². The van der Waals surface area contributed by atoms with Crippen LogP contribution in [-0.2, 0) is 27.6 Å². The Bertz CT molecular complexity index is 1440. The Morgan fingerprint density at radius 1 is 0.897 bits per heavy atom. The highest BCUT2D eigenvalue weighted by Crippen LogP contribution is 2.41. The molecule has 0 amide bonds. The summed E-state index contributed by atoms with van der Waals surface area (Å²) in [6.45, 7) is 0.328. The molecule has 3 aromatic carbocycles. The summed E-state index contributed by atoms with van der Waals surface area (Å²) in [4.78, 5) is -0.271. The molecule has 2 aliphatic rings. The summed E-state index contributed by atoms with van der Waals surface area (Å²) in [5, 5.41) is 0. The van der Waals surface area contributed by atoms with Crippen LogP contribution in [0.3, 0.4) is 0 Å². The summed E-state index contributed by atoms with van der Waals surface area (Å²) in [7, 11) is -4.17. The van der Waals surface area contributed by atoms with Crippen LogP contribution in [0.4, 0.5) is 22.0 Å². The minimum Gasteiger partial charge on any atom is -0.406 e. The lowest BCUT2D eigenvalue weighted by atomic mass is 9.79. The Labute approximate surface area is 222 Å². The third-order valence-electron chi connectivity index (χ3n) is 7.04. The van der Waals surface area contributed by atoms with Crippen molar-refractivity contribution in [1.82, 2.24) is 0 Å². The molecule has 1 heterocycles. The number of halogens is 5. The van der Waals surface area contributed by atoms with Gasteiger partial charge in [0, 0.05) is 18.7 Å². The Hall–Kier alpha value is -3.31. The second kappa shape index (κ2) is 10.7. The van der Waals surface area contributed by atoms with Crippen molar-refractivity contribution in [2.75, 3.05) is 6.61 Å². The van der Waals surface area contributed by atoms with Gasteiger partial charge in [-0.15, -0.1) is 13.2 Å². The molecule has 1 aliphatic carbocycles. The maximum absolute atomic E-state index is 14.1. The summed E-state index contributed by atoms with van der Waals surface area (Å²) < 4.78 is 104. The van der Waals surface area contributed by atoms with E-state index in [1.54, 1.807) is 12.1 Å². The second-order valence-electron chi connectivity index (χ2n) is 9.61. The zero-order valence-corrected chi connectivity index (χ0v) is 21.3. The second-order valence-corrected chi connectivity index (χ2v) is 11.2. The number of alkyl halides is 3. The lowest BCUT2D eigenvalue weighted by Crippen LogP contribution is -2.33. The maximum Gasteiger partial charge on any atom is 0.573 e. The number of aryl methyl sites for hydroxylation is 2. The quantitative estimate of drug-likeness (QED) is 0.267. The molecule has 2 atom stereocenters. The number of hydrogen-bond donors (Lipinski definition) is 0. The Morgan fingerprint density at radius 3 is 2.05 bits per heavy atom. The number of rotatable bonds is 5. The standard InChI is InChI=1S/C28H24F5NO4S/c29-20-3-9-24-18(14-20)1-2-19-15-21(30)4-10-25(19)27(24)26-13-17(11-12-37-26)16-34-39(35,36)23-7-5-22(6-8-23)38-28(31,32)33/h3-10,14-17,26-27H,1-2,11-13H2/b34-16+/t17?,26-/m0/s1. The molecule has 0 bridgehead atoms. The van der Waals surface area contributed by atoms with E-state index in [2.05, 4.69) is 9.13 Å². The summed E-state index contributed by atoms with van der Waals surface area (Å²) in [5.74, 6) is -1.85. The monoisotopic (exact) mass is 565 g/mol. The average Bonchev–Trinajstić information content (AvgIpc) is 3.03. The number of benzene rings is 3. The van der Waals surface area contributed by atoms with E-state index in [1.807, 2.05) is 0 Å². The largest absolute Gasteiger partial charge is 0.573 e. The highest BCUT2D eigenvalue weighted by Gasteiger charge is 2.35. The fourth-order valence-corrected chi connectivity index (χ4v) is 6.22. The third kappa shape index (κ3) is 6.30. The molecule has 0 saturated carbocycles. The molecule has 1 saturated heterocycles. The highest BCUT2D eigenvalue weighted by atomic mass is 32.2. The van der Waals surface area contributed by atoms with Gasteiger partial charge in [-0.05, 0) is 102 Å². The Morgan fingerprint density at radius 2 is 1.49 bits per heavy atom. The first-order valence-corrected chi connectivity index (χ1v) is 13.8. The molecule has 206 valence electrons. The number of ether oxygens (including phenoxy) is 2. The predicted molar refractivity (Wildman–Crippen MR) is 133 cm³/mol. The van der Waals surface area contributed by atoms with Crippen LogP contribution in [-0.4, -0.2) is 33.7 Å². The molecule has 5 rings (SSSR count). The van der Waals surface area contributed by atoms with Gasteiger partial charge in [-0.25, -0.2) is 8.78 Å². The first kappa shape index (κ1) is 27.3. The number of fused-ring (bicyclic) bond motifs is 2. The maximum atomic E-state index is 14.1. The minimum absolute atomic E-state index is 0.271. The minimum atomic E-state index is -4.89. The van der Waals surface area contributed by atoms with Crippen LogP contribution in [0, 0.1) is 17.6 Å². The molecule has 5 nitrogen and oxygen atoms in total. The Balaban J connectivity index is 1.38. The lowest BCUT2D eigenvalue weighted by Gasteiger charge is -2.35. The third-order valence-corrected chi connectivity index (χ3v) is 8.30. The van der Waals surface area contributed by atoms with E-state index in [0.29, 0.717) is 32.3 Å². The van der Waals surface area contributed by atoms with Crippen LogP contribution >= 0.6 is 0 Å². The normalized spacial score (nSPS) is 20.3. The molecular weight excluding hydrogens is 541 g/mol. The molecule has 39 heavy (non-hydrogen) atoms. The zero-order chi connectivity index (χ0) is 27.8. The zero-order valence-electron chi connectivity index (χ0n) is 20.5. The fourth-order valence-electron chi connectivity index (χ4n) is 5.29. The van der Waals surface area contributed by atoms with Gasteiger partial charge >= 0.3 is 6.36 Å². The molecule has 0 N–H and O–H groups in total. The van der Waals surface area contributed by atoms with E-state index in [1.165, 1.54) is 30.5 Å². The topological polar surface area (TPSA) is 65.0 Å². The number of nitrogens with zero attached hydrogens (tertiary/aromatic N) is 1. The number of hydrogen-bond acceptors (Lipinski definition) is 4. The summed E-state index contributed by atoms with van der Waals surface area (Å²) in [6.07, 6.45) is -1.95. The smallest absolute Gasteiger partial charge is 0.406 e. The van der Waals surface area contributed by atoms with Gasteiger partial charge in [0.25, 0.3) is 10.0 Å². The molecule has 0 radical (unpaired) electrons. The molecule has 0 spiro atoms. The average molecular weight is 566 g/mol. The van der Waals surface area contributed by atoms with Crippen molar-refractivity contribution in [3.8, 4) is 5.75 Å². The highest BCUT2D eigenvalue weighted by molar-refractivity contribution is 7.90. The van der Waals surface area contributed by atoms with Crippen LogP contribution < -0.4 is 4.74 Å². The van der Waals surface area contributed by atoms with Crippen molar-refractivity contribution >= 4 is 16.2 Å². The van der Waals surface area contributed by atoms with Crippen molar-refractivity contribution < 1.29 is 39.8 Å². The van der Waals surface area contributed by atoms with Crippen LogP contribution in [0.15, 0.2) is 70.0 Å². The summed E-state index contributed by atoms with van der Waals surface area (Å²) >= 11 is 0. The first-order valence-electron chi connectivity index (χ1n) is 12.3. The summed E-state index contributed by atoms with van der Waals surface area (Å²) in [6, 6.07) is 13.0. The molecule has 1 unspecified atom stereocenters. The van der Waals surface area contributed by atoms with Crippen molar-refractivity contribution in [1.29, 1.82) is 0 Å². The Kier molecular flexibility index (Phi) is 7.47. The van der Waals surface area contributed by atoms with Gasteiger partial charge in [0.05, 0.1) is 11.0 Å². The van der Waals surface area contributed by atoms with E-state index < -0.39 is 28.2 Å². The lowest BCUT2D eigenvalue weighted by molar-refractivity contribution is -0.274. The number of sulfonamides is 1. The van der Waals surface area contributed by atoms with Crippen molar-refractivity contribution in [2.24, 2.45) is 10.3 Å². The molecule has 11 heteroatoms. The van der Waals surface area contributed by atoms with Gasteiger partial charge in [0.15, 0.2) is 0 Å². The molecule has 3 aromatic rings. The first-order chi connectivity index (χ1) is 18.5. The van der Waals surface area contributed by atoms with Gasteiger partial charge < -0.3 is 9.47 Å². The van der Waals surface area contributed by atoms with Crippen molar-refractivity contribution in [3.05, 3.63) is 94.6 Å². The van der Waals surface area contributed by atoms with Gasteiger partial charge in [0.2, 0.25) is 0 Å². The van der Waals surface area contributed by atoms with Crippen LogP contribution in [0.2, 0.25) is 0 Å². The van der Waals surface area contributed by atoms with Crippen LogP contribution in [0.25, 0.3) is 0 Å². The van der Waals surface area contributed by atoms with E-state index in [0.717, 1.165) is 46.5 Å².